The predicted octanol–water partition coefficient (Wildman–Crippen LogP) is 0.149. The molecule has 0 radical (unpaired) electrons. The SMILES string of the molecule is C=CCC(=O)OCC(=O)CC(=O)O. The smallest absolute Gasteiger partial charge is 0.311 e. The molecule has 0 unspecified atom stereocenters. The summed E-state index contributed by atoms with van der Waals surface area (Å²) in [5, 5.41) is 8.18. The highest BCUT2D eigenvalue weighted by Crippen LogP contribution is 1.90. The molecule has 0 spiro atoms. The molecule has 0 saturated heterocycles. The predicted molar refractivity (Wildman–Crippen MR) is 43.0 cm³/mol. The third-order valence-corrected chi connectivity index (χ3v) is 1.05. The number of Topliss-reactive ketones (excluding diaryl/α,β-unsaturated/α-hetero) is 1. The molecule has 0 saturated carbocycles. The van der Waals surface area contributed by atoms with Crippen LogP contribution in [-0.4, -0.2) is 29.4 Å². The number of esters is 1. The molecule has 72 valence electrons. The molecule has 0 rings (SSSR count). The van der Waals surface area contributed by atoms with E-state index in [-0.39, 0.29) is 6.42 Å². The van der Waals surface area contributed by atoms with E-state index in [1.165, 1.54) is 6.08 Å². The topological polar surface area (TPSA) is 80.7 Å². The average Bonchev–Trinajstić information content (AvgIpc) is 2.00. The van der Waals surface area contributed by atoms with Crippen molar-refractivity contribution in [3.05, 3.63) is 12.7 Å². The van der Waals surface area contributed by atoms with Gasteiger partial charge >= 0.3 is 11.9 Å². The van der Waals surface area contributed by atoms with Crippen LogP contribution in [0.4, 0.5) is 0 Å². The maximum atomic E-state index is 10.7. The largest absolute Gasteiger partial charge is 0.481 e. The molecule has 0 atom stereocenters. The molecule has 0 aliphatic carbocycles. The first-order chi connectivity index (χ1) is 6.06. The Bertz CT molecular complexity index is 231. The van der Waals surface area contributed by atoms with Crippen LogP contribution in [0.1, 0.15) is 12.8 Å². The minimum absolute atomic E-state index is 0.0142. The van der Waals surface area contributed by atoms with Gasteiger partial charge in [0.05, 0.1) is 6.42 Å². The van der Waals surface area contributed by atoms with Crippen molar-refractivity contribution in [2.75, 3.05) is 6.61 Å². The summed E-state index contributed by atoms with van der Waals surface area (Å²) in [6.07, 6.45) is 0.728. The van der Waals surface area contributed by atoms with Crippen molar-refractivity contribution in [1.82, 2.24) is 0 Å². The van der Waals surface area contributed by atoms with Crippen LogP contribution in [0.15, 0.2) is 12.7 Å². The zero-order valence-electron chi connectivity index (χ0n) is 6.99. The Morgan fingerprint density at radius 3 is 2.46 bits per heavy atom. The number of carboxylic acids is 1. The lowest BCUT2D eigenvalue weighted by atomic mass is 10.3. The maximum Gasteiger partial charge on any atom is 0.311 e. The first-order valence-electron chi connectivity index (χ1n) is 3.56. The Kier molecular flexibility index (Phi) is 5.18. The van der Waals surface area contributed by atoms with Crippen LogP contribution >= 0.6 is 0 Å². The summed E-state index contributed by atoms with van der Waals surface area (Å²) >= 11 is 0. The Morgan fingerprint density at radius 1 is 1.38 bits per heavy atom. The van der Waals surface area contributed by atoms with E-state index < -0.39 is 30.7 Å². The van der Waals surface area contributed by atoms with Crippen LogP contribution < -0.4 is 0 Å². The summed E-state index contributed by atoms with van der Waals surface area (Å²) in [6, 6.07) is 0. The van der Waals surface area contributed by atoms with E-state index in [0.29, 0.717) is 0 Å². The van der Waals surface area contributed by atoms with E-state index in [1.54, 1.807) is 0 Å². The van der Waals surface area contributed by atoms with Crippen molar-refractivity contribution < 1.29 is 24.2 Å². The third kappa shape index (κ3) is 6.74. The number of rotatable bonds is 6. The van der Waals surface area contributed by atoms with E-state index >= 15 is 0 Å². The van der Waals surface area contributed by atoms with E-state index in [4.69, 9.17) is 5.11 Å². The van der Waals surface area contributed by atoms with Gasteiger partial charge in [-0.1, -0.05) is 6.08 Å². The Hall–Kier alpha value is -1.65. The van der Waals surface area contributed by atoms with E-state index in [9.17, 15) is 14.4 Å². The zero-order valence-corrected chi connectivity index (χ0v) is 6.99. The number of ether oxygens (including phenoxy) is 1. The van der Waals surface area contributed by atoms with Gasteiger partial charge in [-0.25, -0.2) is 0 Å². The van der Waals surface area contributed by atoms with Gasteiger partial charge in [0.15, 0.2) is 12.4 Å². The quantitative estimate of drug-likeness (QED) is 0.363. The van der Waals surface area contributed by atoms with Gasteiger partial charge in [0.1, 0.15) is 6.42 Å². The second-order valence-electron chi connectivity index (χ2n) is 2.26. The Labute approximate surface area is 75.0 Å². The molecule has 0 amide bonds. The number of carbonyl (C=O) groups excluding carboxylic acids is 2. The van der Waals surface area contributed by atoms with E-state index in [0.717, 1.165) is 0 Å². The molecule has 0 aromatic rings. The lowest BCUT2D eigenvalue weighted by Crippen LogP contribution is -2.16. The van der Waals surface area contributed by atoms with Gasteiger partial charge in [-0.05, 0) is 0 Å². The number of aliphatic carboxylic acids is 1. The lowest BCUT2D eigenvalue weighted by Gasteiger charge is -1.99. The van der Waals surface area contributed by atoms with E-state index in [1.807, 2.05) is 0 Å². The minimum atomic E-state index is -1.23. The highest BCUT2D eigenvalue weighted by molar-refractivity contribution is 5.96. The molecule has 5 nitrogen and oxygen atoms in total. The zero-order chi connectivity index (χ0) is 10.3. The van der Waals surface area contributed by atoms with Crippen molar-refractivity contribution in [3.63, 3.8) is 0 Å². The number of hydrogen-bond acceptors (Lipinski definition) is 4. The second-order valence-corrected chi connectivity index (χ2v) is 2.26. The highest BCUT2D eigenvalue weighted by atomic mass is 16.5. The number of carboxylic acid groups (broad SMARTS) is 1. The van der Waals surface area contributed by atoms with Gasteiger partial charge in [-0.3, -0.25) is 14.4 Å². The van der Waals surface area contributed by atoms with Gasteiger partial charge in [0.2, 0.25) is 0 Å². The molecule has 0 aromatic carbocycles. The summed E-state index contributed by atoms with van der Waals surface area (Å²) in [5.41, 5.74) is 0. The van der Waals surface area contributed by atoms with Gasteiger partial charge in [0, 0.05) is 0 Å². The molecule has 0 aliphatic heterocycles. The summed E-state index contributed by atoms with van der Waals surface area (Å²) in [6.45, 7) is 2.81. The summed E-state index contributed by atoms with van der Waals surface area (Å²) in [5.74, 6) is -2.46. The van der Waals surface area contributed by atoms with Crippen LogP contribution in [0, 0.1) is 0 Å². The fourth-order valence-electron chi connectivity index (χ4n) is 0.557. The molecule has 0 aromatic heterocycles. The van der Waals surface area contributed by atoms with E-state index in [2.05, 4.69) is 11.3 Å². The number of carbonyl (C=O) groups is 3. The molecule has 1 N–H and O–H groups in total. The van der Waals surface area contributed by atoms with Crippen LogP contribution in [0.2, 0.25) is 0 Å². The van der Waals surface area contributed by atoms with Crippen LogP contribution in [-0.2, 0) is 19.1 Å². The number of hydrogen-bond donors (Lipinski definition) is 1. The number of ketones is 1. The Morgan fingerprint density at radius 2 is 2.00 bits per heavy atom. The van der Waals surface area contributed by atoms with Gasteiger partial charge < -0.3 is 9.84 Å². The van der Waals surface area contributed by atoms with Crippen LogP contribution in [0.25, 0.3) is 0 Å². The van der Waals surface area contributed by atoms with Crippen molar-refractivity contribution in [1.29, 1.82) is 0 Å². The molecule has 0 bridgehead atoms. The van der Waals surface area contributed by atoms with Crippen LogP contribution in [0.3, 0.4) is 0 Å². The van der Waals surface area contributed by atoms with Gasteiger partial charge in [-0.2, -0.15) is 0 Å². The fourth-order valence-corrected chi connectivity index (χ4v) is 0.557. The first-order valence-corrected chi connectivity index (χ1v) is 3.56. The average molecular weight is 186 g/mol. The summed E-state index contributed by atoms with van der Waals surface area (Å²) in [7, 11) is 0. The van der Waals surface area contributed by atoms with Gasteiger partial charge in [-0.15, -0.1) is 6.58 Å². The van der Waals surface area contributed by atoms with Crippen molar-refractivity contribution >= 4 is 17.7 Å². The highest BCUT2D eigenvalue weighted by Gasteiger charge is 2.09. The molecule has 0 aliphatic rings. The first kappa shape index (κ1) is 11.4. The summed E-state index contributed by atoms with van der Waals surface area (Å²) < 4.78 is 4.42. The normalized spacial score (nSPS) is 8.92. The monoisotopic (exact) mass is 186 g/mol. The van der Waals surface area contributed by atoms with Gasteiger partial charge in [0.25, 0.3) is 0 Å². The molecular weight excluding hydrogens is 176 g/mol. The molecular formula is C8H10O5. The standard InChI is InChI=1S/C8H10O5/c1-2-3-8(12)13-5-6(9)4-7(10)11/h2H,1,3-5H2,(H,10,11). The molecule has 5 heteroatoms. The fraction of sp³-hybridized carbons (Fsp3) is 0.375. The second kappa shape index (κ2) is 5.93. The molecule has 0 fully saturated rings. The summed E-state index contributed by atoms with van der Waals surface area (Å²) in [4.78, 5) is 31.3. The van der Waals surface area contributed by atoms with Crippen molar-refractivity contribution in [3.8, 4) is 0 Å². The van der Waals surface area contributed by atoms with Crippen LogP contribution in [0.5, 0.6) is 0 Å². The van der Waals surface area contributed by atoms with Crippen molar-refractivity contribution in [2.45, 2.75) is 12.8 Å². The third-order valence-electron chi connectivity index (χ3n) is 1.05. The lowest BCUT2D eigenvalue weighted by molar-refractivity contribution is -0.149. The molecule has 0 heterocycles. The Balaban J connectivity index is 3.63. The van der Waals surface area contributed by atoms with Crippen molar-refractivity contribution in [2.24, 2.45) is 0 Å². The maximum absolute atomic E-state index is 10.7. The molecule has 13 heavy (non-hydrogen) atoms. The minimum Gasteiger partial charge on any atom is -0.481 e.